The summed E-state index contributed by atoms with van der Waals surface area (Å²) in [6.45, 7) is 5.77. The Kier molecular flexibility index (Phi) is 8.33. The van der Waals surface area contributed by atoms with E-state index in [4.69, 9.17) is 5.73 Å². The molecule has 0 aromatic rings. The van der Waals surface area contributed by atoms with Gasteiger partial charge in [0, 0.05) is 27.7 Å². The van der Waals surface area contributed by atoms with Crippen molar-refractivity contribution >= 4 is 8.80 Å². The number of rotatable bonds is 7. The third kappa shape index (κ3) is 7.66. The highest BCUT2D eigenvalue weighted by atomic mass is 28.3. The van der Waals surface area contributed by atoms with E-state index in [0.717, 1.165) is 6.54 Å². The van der Waals surface area contributed by atoms with Gasteiger partial charge in [-0.1, -0.05) is 32.0 Å². The van der Waals surface area contributed by atoms with Crippen molar-refractivity contribution in [2.45, 2.75) is 38.4 Å². The summed E-state index contributed by atoms with van der Waals surface area (Å²) in [6.07, 6.45) is 5.98. The Balaban J connectivity index is 3.00. The summed E-state index contributed by atoms with van der Waals surface area (Å²) in [7, 11) is 0.00802. The molecule has 2 nitrogen and oxygen atoms in total. The monoisotopic (exact) mass is 185 g/mol. The van der Waals surface area contributed by atoms with Crippen molar-refractivity contribution in [3.63, 3.8) is 0 Å². The average Bonchev–Trinajstić information content (AvgIpc) is 2.10. The molecule has 0 saturated heterocycles. The summed E-state index contributed by atoms with van der Waals surface area (Å²) in [6, 6.07) is 2.86. The van der Waals surface area contributed by atoms with Crippen LogP contribution in [-0.4, -0.2) is 15.3 Å². The van der Waals surface area contributed by atoms with E-state index in [0.29, 0.717) is 0 Å². The zero-order chi connectivity index (χ0) is 9.23. The van der Waals surface area contributed by atoms with Crippen LogP contribution in [0, 0.1) is 0 Å². The van der Waals surface area contributed by atoms with Crippen molar-refractivity contribution in [3.8, 4) is 0 Å². The smallest absolute Gasteiger partial charge is 0.0443 e. The Bertz CT molecular complexity index is 115. The van der Waals surface area contributed by atoms with Gasteiger partial charge in [-0.25, -0.2) is 0 Å². The lowest BCUT2D eigenvalue weighted by molar-refractivity contribution is 0.730. The minimum atomic E-state index is 0.00802. The van der Waals surface area contributed by atoms with E-state index in [-0.39, 0.29) is 8.80 Å². The molecule has 0 rings (SSSR count). The second-order valence-corrected chi connectivity index (χ2v) is 6.20. The highest BCUT2D eigenvalue weighted by Gasteiger charge is 1.98. The van der Waals surface area contributed by atoms with Gasteiger partial charge in [0.1, 0.15) is 0 Å². The fourth-order valence-corrected chi connectivity index (χ4v) is 2.19. The maximum atomic E-state index is 5.17. The van der Waals surface area contributed by atoms with E-state index in [9.17, 15) is 0 Å². The Morgan fingerprint density at radius 3 is 2.75 bits per heavy atom. The van der Waals surface area contributed by atoms with Gasteiger partial charge in [0.25, 0.3) is 0 Å². The van der Waals surface area contributed by atoms with Gasteiger partial charge in [0.05, 0.1) is 0 Å². The van der Waals surface area contributed by atoms with Crippen LogP contribution in [0.2, 0.25) is 18.6 Å². The molecule has 0 heterocycles. The van der Waals surface area contributed by atoms with Crippen molar-refractivity contribution in [1.29, 1.82) is 0 Å². The molecule has 3 N–H and O–H groups in total. The molecule has 12 heavy (non-hydrogen) atoms. The maximum absolute atomic E-state index is 5.17. The zero-order valence-corrected chi connectivity index (χ0v) is 9.27. The van der Waals surface area contributed by atoms with Crippen LogP contribution < -0.4 is 11.1 Å². The Hall–Kier alpha value is -0.443. The summed E-state index contributed by atoms with van der Waals surface area (Å²) >= 11 is 0. The van der Waals surface area contributed by atoms with Crippen molar-refractivity contribution < 1.29 is 0 Å². The molecular formula is C9H21N2Si. The summed E-state index contributed by atoms with van der Waals surface area (Å²) in [5.41, 5.74) is 5.17. The van der Waals surface area contributed by atoms with Gasteiger partial charge in [-0.05, 0) is 6.42 Å². The van der Waals surface area contributed by atoms with Gasteiger partial charge < -0.3 is 11.1 Å². The number of nitrogens with two attached hydrogens (primary N) is 1. The van der Waals surface area contributed by atoms with Crippen molar-refractivity contribution in [2.75, 3.05) is 6.54 Å². The Morgan fingerprint density at radius 1 is 1.42 bits per heavy atom. The number of hydrogen-bond donors (Lipinski definition) is 2. The average molecular weight is 185 g/mol. The lowest BCUT2D eigenvalue weighted by atomic mass is 10.3. The van der Waals surface area contributed by atoms with Crippen LogP contribution in [0.3, 0.4) is 0 Å². The second kappa shape index (κ2) is 8.65. The third-order valence-electron chi connectivity index (χ3n) is 1.99. The molecule has 71 valence electrons. The predicted octanol–water partition coefficient (Wildman–Crippen LogP) is 1.93. The zero-order valence-electron chi connectivity index (χ0n) is 8.27. The van der Waals surface area contributed by atoms with Crippen LogP contribution in [0.15, 0.2) is 12.4 Å². The fraction of sp³-hybridized carbons (Fsp3) is 0.778. The van der Waals surface area contributed by atoms with E-state index in [2.05, 4.69) is 18.8 Å². The number of nitrogens with one attached hydrogen (secondary N) is 1. The molecule has 0 aliphatic heterocycles. The Morgan fingerprint density at radius 2 is 2.17 bits per heavy atom. The lowest BCUT2D eigenvalue weighted by Gasteiger charge is -2.05. The van der Waals surface area contributed by atoms with E-state index in [1.807, 2.05) is 0 Å². The summed E-state index contributed by atoms with van der Waals surface area (Å²) in [5.74, 6) is 0. The summed E-state index contributed by atoms with van der Waals surface area (Å²) in [5, 5.41) is 3.13. The predicted molar refractivity (Wildman–Crippen MR) is 57.5 cm³/mol. The first-order chi connectivity index (χ1) is 5.81. The topological polar surface area (TPSA) is 38.0 Å². The number of unbranched alkanes of at least 4 members (excludes halogenated alkanes) is 1. The molecule has 1 radical (unpaired) electrons. The minimum Gasteiger partial charge on any atom is -0.403 e. The van der Waals surface area contributed by atoms with Crippen molar-refractivity contribution in [3.05, 3.63) is 12.4 Å². The van der Waals surface area contributed by atoms with E-state index < -0.39 is 0 Å². The largest absolute Gasteiger partial charge is 0.403 e. The van der Waals surface area contributed by atoms with Crippen molar-refractivity contribution in [1.82, 2.24) is 5.32 Å². The molecular weight excluding hydrogens is 164 g/mol. The summed E-state index contributed by atoms with van der Waals surface area (Å²) in [4.78, 5) is 0. The lowest BCUT2D eigenvalue weighted by Crippen LogP contribution is -2.09. The first-order valence-corrected chi connectivity index (χ1v) is 7.14. The van der Waals surface area contributed by atoms with Crippen LogP contribution >= 0.6 is 0 Å². The van der Waals surface area contributed by atoms with Crippen LogP contribution in [0.4, 0.5) is 0 Å². The van der Waals surface area contributed by atoms with Gasteiger partial charge in [-0.2, -0.15) is 0 Å². The van der Waals surface area contributed by atoms with E-state index >= 15 is 0 Å². The van der Waals surface area contributed by atoms with Crippen molar-refractivity contribution in [2.24, 2.45) is 5.73 Å². The SMILES string of the molecule is CC[Si](C)CCCCN/C=C\N. The molecule has 0 spiro atoms. The first kappa shape index (κ1) is 11.6. The fourth-order valence-electron chi connectivity index (χ4n) is 0.982. The van der Waals surface area contributed by atoms with Crippen LogP contribution in [0.5, 0.6) is 0 Å². The molecule has 0 unspecified atom stereocenters. The minimum absolute atomic E-state index is 0.00802. The van der Waals surface area contributed by atoms with Crippen LogP contribution in [-0.2, 0) is 0 Å². The molecule has 0 amide bonds. The van der Waals surface area contributed by atoms with Gasteiger partial charge in [0.15, 0.2) is 0 Å². The van der Waals surface area contributed by atoms with Gasteiger partial charge in [-0.15, -0.1) is 0 Å². The number of hydrogen-bond acceptors (Lipinski definition) is 2. The quantitative estimate of drug-likeness (QED) is 0.470. The van der Waals surface area contributed by atoms with Gasteiger partial charge >= 0.3 is 0 Å². The normalized spacial score (nSPS) is 11.2. The molecule has 0 fully saturated rings. The first-order valence-electron chi connectivity index (χ1n) is 4.72. The molecule has 0 aromatic carbocycles. The molecule has 0 aliphatic carbocycles. The maximum Gasteiger partial charge on any atom is 0.0443 e. The third-order valence-corrected chi connectivity index (χ3v) is 4.41. The van der Waals surface area contributed by atoms with E-state index in [1.165, 1.54) is 24.9 Å². The molecule has 0 saturated carbocycles. The standard InChI is InChI=1S/C9H21N2Si/c1-3-12(2)9-5-4-7-11-8-6-10/h6,8,11H,3-5,7,9-10H2,1-2H3/b8-6-. The highest BCUT2D eigenvalue weighted by molar-refractivity contribution is 6.57. The molecule has 3 heteroatoms. The second-order valence-electron chi connectivity index (χ2n) is 3.08. The molecule has 0 aliphatic rings. The summed E-state index contributed by atoms with van der Waals surface area (Å²) < 4.78 is 0. The highest BCUT2D eigenvalue weighted by Crippen LogP contribution is 2.03. The van der Waals surface area contributed by atoms with E-state index in [1.54, 1.807) is 12.4 Å². The van der Waals surface area contributed by atoms with Gasteiger partial charge in [-0.3, -0.25) is 0 Å². The Labute approximate surface area is 77.8 Å². The molecule has 0 atom stereocenters. The molecule has 0 aromatic heterocycles. The van der Waals surface area contributed by atoms with Crippen LogP contribution in [0.25, 0.3) is 0 Å². The van der Waals surface area contributed by atoms with Gasteiger partial charge in [0.2, 0.25) is 0 Å². The molecule has 0 bridgehead atoms. The van der Waals surface area contributed by atoms with Crippen LogP contribution in [0.1, 0.15) is 19.8 Å².